The van der Waals surface area contributed by atoms with Crippen molar-refractivity contribution in [3.63, 3.8) is 0 Å². The lowest BCUT2D eigenvalue weighted by molar-refractivity contribution is 0.169. The monoisotopic (exact) mass is 228 g/mol. The van der Waals surface area contributed by atoms with Crippen LogP contribution in [-0.2, 0) is 0 Å². The highest BCUT2D eigenvalue weighted by atomic mass is 35.5. The minimum atomic E-state index is -0.595. The van der Waals surface area contributed by atoms with Crippen molar-refractivity contribution in [1.29, 1.82) is 0 Å². The molecule has 3 heteroatoms. The number of aliphatic hydroxyl groups excluding tert-OH is 1. The number of hydrogen-bond acceptors (Lipinski definition) is 1. The summed E-state index contributed by atoms with van der Waals surface area (Å²) in [6.07, 6.45) is 5.56. The van der Waals surface area contributed by atoms with E-state index >= 15 is 0 Å². The van der Waals surface area contributed by atoms with Gasteiger partial charge in [0, 0.05) is 16.5 Å². The van der Waals surface area contributed by atoms with E-state index in [0.717, 1.165) is 0 Å². The Morgan fingerprint density at radius 1 is 1.29 bits per heavy atom. The number of hydrogen-bond donors (Lipinski definition) is 1. The predicted octanol–water partition coefficient (Wildman–Crippen LogP) is 3.44. The Labute approximate surface area is 93.7 Å². The molecule has 1 atom stereocenters. The van der Waals surface area contributed by atoms with Crippen molar-refractivity contribution < 1.29 is 5.11 Å². The topological polar surface area (TPSA) is 20.2 Å². The minimum Gasteiger partial charge on any atom is -0.388 e. The molecular weight excluding hydrogens is 219 g/mol. The first-order valence-electron chi connectivity index (χ1n) is 4.21. The van der Waals surface area contributed by atoms with Crippen molar-refractivity contribution in [3.05, 3.63) is 33.8 Å². The Kier molecular flexibility index (Phi) is 4.28. The van der Waals surface area contributed by atoms with Crippen molar-refractivity contribution in [2.24, 2.45) is 0 Å². The maximum atomic E-state index is 9.69. The highest BCUT2D eigenvalue weighted by molar-refractivity contribution is 6.34. The summed E-state index contributed by atoms with van der Waals surface area (Å²) in [5, 5.41) is 10.7. The molecule has 1 nitrogen and oxygen atoms in total. The average Bonchev–Trinajstić information content (AvgIpc) is 2.12. The summed E-state index contributed by atoms with van der Waals surface area (Å²) in [6, 6.07) is 5.00. The third kappa shape index (κ3) is 3.23. The summed E-state index contributed by atoms with van der Waals surface area (Å²) in [6.45, 7) is 0. The highest BCUT2D eigenvalue weighted by Gasteiger charge is 2.08. The van der Waals surface area contributed by atoms with Gasteiger partial charge in [-0.25, -0.2) is 0 Å². The Morgan fingerprint density at radius 2 is 1.86 bits per heavy atom. The van der Waals surface area contributed by atoms with Gasteiger partial charge in [0.15, 0.2) is 0 Å². The maximum Gasteiger partial charge on any atom is 0.0800 e. The molecule has 0 aliphatic carbocycles. The van der Waals surface area contributed by atoms with Crippen molar-refractivity contribution in [2.45, 2.75) is 18.9 Å². The van der Waals surface area contributed by atoms with Crippen molar-refractivity contribution in [2.75, 3.05) is 0 Å². The molecule has 0 aliphatic heterocycles. The number of aliphatic hydroxyl groups is 1. The standard InChI is InChI=1S/C11H10Cl2O/c1-2-3-4-11(14)8-5-9(12)7-10(13)6-8/h1,5-7,11,14H,3-4H2. The molecule has 1 aromatic rings. The zero-order valence-corrected chi connectivity index (χ0v) is 9.02. The van der Waals surface area contributed by atoms with Crippen LogP contribution in [0.4, 0.5) is 0 Å². The van der Waals surface area contributed by atoms with E-state index in [4.69, 9.17) is 29.6 Å². The van der Waals surface area contributed by atoms with Crippen LogP contribution in [0.1, 0.15) is 24.5 Å². The molecule has 1 rings (SSSR count). The van der Waals surface area contributed by atoms with Gasteiger partial charge in [-0.2, -0.15) is 0 Å². The van der Waals surface area contributed by atoms with Gasteiger partial charge in [0.1, 0.15) is 0 Å². The first kappa shape index (κ1) is 11.4. The van der Waals surface area contributed by atoms with E-state index < -0.39 is 6.10 Å². The lowest BCUT2D eigenvalue weighted by atomic mass is 10.1. The summed E-state index contributed by atoms with van der Waals surface area (Å²) < 4.78 is 0. The van der Waals surface area contributed by atoms with Gasteiger partial charge in [0.2, 0.25) is 0 Å². The molecule has 0 bridgehead atoms. The molecule has 0 radical (unpaired) electrons. The van der Waals surface area contributed by atoms with E-state index in [9.17, 15) is 5.11 Å². The molecule has 14 heavy (non-hydrogen) atoms. The van der Waals surface area contributed by atoms with Crippen LogP contribution in [0.5, 0.6) is 0 Å². The number of halogens is 2. The van der Waals surface area contributed by atoms with Crippen LogP contribution >= 0.6 is 23.2 Å². The number of rotatable bonds is 3. The second-order valence-electron chi connectivity index (χ2n) is 2.96. The molecule has 0 amide bonds. The Hall–Kier alpha value is -0.680. The van der Waals surface area contributed by atoms with E-state index in [1.165, 1.54) is 0 Å². The third-order valence-corrected chi connectivity index (χ3v) is 2.27. The van der Waals surface area contributed by atoms with Crippen molar-refractivity contribution in [1.82, 2.24) is 0 Å². The molecule has 0 fully saturated rings. The van der Waals surface area contributed by atoms with Crippen LogP contribution in [0.25, 0.3) is 0 Å². The van der Waals surface area contributed by atoms with Crippen LogP contribution in [0.2, 0.25) is 10.0 Å². The van der Waals surface area contributed by atoms with Gasteiger partial charge >= 0.3 is 0 Å². The third-order valence-electron chi connectivity index (χ3n) is 1.83. The van der Waals surface area contributed by atoms with E-state index in [2.05, 4.69) is 5.92 Å². The minimum absolute atomic E-state index is 0.521. The molecule has 1 aromatic carbocycles. The largest absolute Gasteiger partial charge is 0.388 e. The fourth-order valence-electron chi connectivity index (χ4n) is 1.15. The van der Waals surface area contributed by atoms with E-state index in [1.807, 2.05) is 0 Å². The van der Waals surface area contributed by atoms with Gasteiger partial charge in [0.25, 0.3) is 0 Å². The van der Waals surface area contributed by atoms with Crippen LogP contribution in [0, 0.1) is 12.3 Å². The first-order valence-corrected chi connectivity index (χ1v) is 4.96. The summed E-state index contributed by atoms with van der Waals surface area (Å²) in [4.78, 5) is 0. The van der Waals surface area contributed by atoms with Gasteiger partial charge in [-0.3, -0.25) is 0 Å². The molecule has 1 N–H and O–H groups in total. The normalized spacial score (nSPS) is 12.1. The molecule has 0 heterocycles. The molecule has 0 saturated heterocycles. The van der Waals surface area contributed by atoms with Crippen LogP contribution in [0.15, 0.2) is 18.2 Å². The molecule has 1 unspecified atom stereocenters. The van der Waals surface area contributed by atoms with Gasteiger partial charge < -0.3 is 5.11 Å². The zero-order valence-electron chi connectivity index (χ0n) is 7.50. The van der Waals surface area contributed by atoms with E-state index in [1.54, 1.807) is 18.2 Å². The van der Waals surface area contributed by atoms with Crippen LogP contribution in [0.3, 0.4) is 0 Å². The Morgan fingerprint density at radius 3 is 2.36 bits per heavy atom. The van der Waals surface area contributed by atoms with Crippen molar-refractivity contribution >= 4 is 23.2 Å². The molecule has 0 saturated carbocycles. The summed E-state index contributed by atoms with van der Waals surface area (Å²) in [5.41, 5.74) is 0.706. The van der Waals surface area contributed by atoms with Gasteiger partial charge in [0.05, 0.1) is 6.10 Å². The number of terminal acetylenes is 1. The molecular formula is C11H10Cl2O. The maximum absolute atomic E-state index is 9.69. The second-order valence-corrected chi connectivity index (χ2v) is 3.83. The second kappa shape index (κ2) is 5.26. The summed E-state index contributed by atoms with van der Waals surface area (Å²) >= 11 is 11.6. The van der Waals surface area contributed by atoms with E-state index in [-0.39, 0.29) is 0 Å². The van der Waals surface area contributed by atoms with Crippen molar-refractivity contribution in [3.8, 4) is 12.3 Å². The fourth-order valence-corrected chi connectivity index (χ4v) is 1.70. The quantitative estimate of drug-likeness (QED) is 0.787. The molecule has 0 spiro atoms. The van der Waals surface area contributed by atoms with Gasteiger partial charge in [-0.05, 0) is 30.2 Å². The lowest BCUT2D eigenvalue weighted by Crippen LogP contribution is -1.96. The molecule has 74 valence electrons. The average molecular weight is 229 g/mol. The predicted molar refractivity (Wildman–Crippen MR) is 59.5 cm³/mol. The van der Waals surface area contributed by atoms with Crippen LogP contribution in [-0.4, -0.2) is 5.11 Å². The Balaban J connectivity index is 2.79. The summed E-state index contributed by atoms with van der Waals surface area (Å²) in [7, 11) is 0. The number of benzene rings is 1. The molecule has 0 aliphatic rings. The van der Waals surface area contributed by atoms with Gasteiger partial charge in [-0.1, -0.05) is 23.2 Å². The zero-order chi connectivity index (χ0) is 10.6. The highest BCUT2D eigenvalue weighted by Crippen LogP contribution is 2.25. The fraction of sp³-hybridized carbons (Fsp3) is 0.273. The van der Waals surface area contributed by atoms with Gasteiger partial charge in [-0.15, -0.1) is 12.3 Å². The molecule has 0 aromatic heterocycles. The van der Waals surface area contributed by atoms with E-state index in [0.29, 0.717) is 28.5 Å². The smallest absolute Gasteiger partial charge is 0.0800 e. The Bertz CT molecular complexity index is 335. The SMILES string of the molecule is C#CCCC(O)c1cc(Cl)cc(Cl)c1. The summed E-state index contributed by atoms with van der Waals surface area (Å²) in [5.74, 6) is 2.47. The van der Waals surface area contributed by atoms with Crippen LogP contribution < -0.4 is 0 Å². The first-order chi connectivity index (χ1) is 6.63. The lowest BCUT2D eigenvalue weighted by Gasteiger charge is -2.09.